The molecule has 0 aliphatic carbocycles. The van der Waals surface area contributed by atoms with Gasteiger partial charge in [0.05, 0.1) is 12.7 Å². The fraction of sp³-hybridized carbons (Fsp3) is 0.115. The molecule has 0 saturated heterocycles. The van der Waals surface area contributed by atoms with Gasteiger partial charge in [-0.05, 0) is 65.6 Å². The molecule has 34 heavy (non-hydrogen) atoms. The number of carbonyl (C=O) groups is 1. The van der Waals surface area contributed by atoms with Crippen LogP contribution in [-0.2, 0) is 13.1 Å². The zero-order valence-corrected chi connectivity index (χ0v) is 18.3. The van der Waals surface area contributed by atoms with Crippen molar-refractivity contribution in [2.24, 2.45) is 0 Å². The van der Waals surface area contributed by atoms with Crippen molar-refractivity contribution < 1.29 is 14.6 Å². The number of hydrogen-bond acceptors (Lipinski definition) is 7. The molecule has 0 unspecified atom stereocenters. The summed E-state index contributed by atoms with van der Waals surface area (Å²) in [5.41, 5.74) is 4.47. The molecule has 8 nitrogen and oxygen atoms in total. The van der Waals surface area contributed by atoms with Crippen LogP contribution in [0.3, 0.4) is 0 Å². The Bertz CT molecular complexity index is 1440. The van der Waals surface area contributed by atoms with E-state index in [2.05, 4.69) is 37.8 Å². The highest BCUT2D eigenvalue weighted by atomic mass is 16.5. The van der Waals surface area contributed by atoms with Gasteiger partial charge in [-0.3, -0.25) is 0 Å². The summed E-state index contributed by atoms with van der Waals surface area (Å²) in [7, 11) is 1.66. The minimum Gasteiger partial charge on any atom is -0.497 e. The molecule has 0 fully saturated rings. The quantitative estimate of drug-likeness (QED) is 0.472. The number of anilines is 1. The van der Waals surface area contributed by atoms with Crippen molar-refractivity contribution in [3.63, 3.8) is 0 Å². The summed E-state index contributed by atoms with van der Waals surface area (Å²) in [5.74, 6) is 6.91. The maximum Gasteiger partial charge on any atom is 0.335 e. The molecule has 0 bridgehead atoms. The van der Waals surface area contributed by atoms with Crippen molar-refractivity contribution in [1.82, 2.24) is 19.9 Å². The van der Waals surface area contributed by atoms with Crippen molar-refractivity contribution in [3.05, 3.63) is 94.9 Å². The summed E-state index contributed by atoms with van der Waals surface area (Å²) in [5, 5.41) is 9.01. The topological polar surface area (TPSA) is 101 Å². The Morgan fingerprint density at radius 2 is 1.74 bits per heavy atom. The maximum absolute atomic E-state index is 11.0. The first-order valence-electron chi connectivity index (χ1n) is 10.5. The van der Waals surface area contributed by atoms with Gasteiger partial charge in [0, 0.05) is 31.0 Å². The van der Waals surface area contributed by atoms with Crippen LogP contribution in [0.5, 0.6) is 5.75 Å². The molecule has 2 aromatic carbocycles. The highest BCUT2D eigenvalue weighted by molar-refractivity contribution is 5.87. The third-order valence-electron chi connectivity index (χ3n) is 5.41. The molecule has 1 aliphatic heterocycles. The first-order chi connectivity index (χ1) is 16.6. The molecule has 0 saturated carbocycles. The minimum atomic E-state index is -0.971. The second-order valence-electron chi connectivity index (χ2n) is 7.63. The SMILES string of the molecule is COc1ccc2c(c1)CN(c1nccc(-c3nccc(C#Cc4ccc(C(=O)O)cc4)n3)n1)C2. The minimum absolute atomic E-state index is 0.217. The van der Waals surface area contributed by atoms with E-state index in [-0.39, 0.29) is 5.56 Å². The van der Waals surface area contributed by atoms with Gasteiger partial charge in [0.1, 0.15) is 17.1 Å². The highest BCUT2D eigenvalue weighted by Gasteiger charge is 2.22. The van der Waals surface area contributed by atoms with Crippen LogP contribution >= 0.6 is 0 Å². The third kappa shape index (κ3) is 4.40. The molecule has 0 spiro atoms. The van der Waals surface area contributed by atoms with E-state index in [1.54, 1.807) is 43.8 Å². The Balaban J connectivity index is 1.36. The molecule has 8 heteroatoms. The van der Waals surface area contributed by atoms with Gasteiger partial charge in [0.2, 0.25) is 5.95 Å². The molecule has 4 aromatic rings. The van der Waals surface area contributed by atoms with Crippen LogP contribution in [0.4, 0.5) is 5.95 Å². The van der Waals surface area contributed by atoms with Crippen molar-refractivity contribution in [3.8, 4) is 29.1 Å². The summed E-state index contributed by atoms with van der Waals surface area (Å²) in [4.78, 5) is 31.1. The number of hydrogen-bond donors (Lipinski definition) is 1. The molecule has 3 heterocycles. The van der Waals surface area contributed by atoms with E-state index < -0.39 is 5.97 Å². The van der Waals surface area contributed by atoms with Gasteiger partial charge in [-0.25, -0.2) is 24.7 Å². The average molecular weight is 449 g/mol. The van der Waals surface area contributed by atoms with E-state index in [4.69, 9.17) is 14.8 Å². The summed E-state index contributed by atoms with van der Waals surface area (Å²) in [6, 6.07) is 15.9. The number of carboxylic acids is 1. The van der Waals surface area contributed by atoms with Crippen LogP contribution in [0.25, 0.3) is 11.5 Å². The zero-order chi connectivity index (χ0) is 23.5. The van der Waals surface area contributed by atoms with Crippen LogP contribution < -0.4 is 9.64 Å². The first kappa shape index (κ1) is 21.1. The van der Waals surface area contributed by atoms with Crippen molar-refractivity contribution in [2.75, 3.05) is 12.0 Å². The molecule has 1 N–H and O–H groups in total. The molecule has 0 radical (unpaired) electrons. The van der Waals surface area contributed by atoms with Gasteiger partial charge < -0.3 is 14.7 Å². The standard InChI is InChI=1S/C26H19N5O3/c1-34-22-9-7-19-15-31(16-20(19)14-22)26-28-13-11-23(30-26)24-27-12-10-21(29-24)8-4-17-2-5-18(6-3-17)25(32)33/h2-3,5-7,9-14H,15-16H2,1H3,(H,32,33). The Hall–Kier alpha value is -4.77. The highest BCUT2D eigenvalue weighted by Crippen LogP contribution is 2.29. The van der Waals surface area contributed by atoms with E-state index in [1.165, 1.54) is 23.3 Å². The first-order valence-corrected chi connectivity index (χ1v) is 10.5. The van der Waals surface area contributed by atoms with E-state index in [0.29, 0.717) is 35.3 Å². The second-order valence-corrected chi connectivity index (χ2v) is 7.63. The number of methoxy groups -OCH3 is 1. The zero-order valence-electron chi connectivity index (χ0n) is 18.3. The molecule has 2 aromatic heterocycles. The van der Waals surface area contributed by atoms with Gasteiger partial charge in [-0.15, -0.1) is 0 Å². The fourth-order valence-corrected chi connectivity index (χ4v) is 3.65. The van der Waals surface area contributed by atoms with Crippen LogP contribution in [-0.4, -0.2) is 38.1 Å². The van der Waals surface area contributed by atoms with Crippen LogP contribution in [0, 0.1) is 11.8 Å². The Morgan fingerprint density at radius 3 is 2.53 bits per heavy atom. The van der Waals surface area contributed by atoms with E-state index >= 15 is 0 Å². The number of ether oxygens (including phenoxy) is 1. The fourth-order valence-electron chi connectivity index (χ4n) is 3.65. The van der Waals surface area contributed by atoms with Crippen LogP contribution in [0.2, 0.25) is 0 Å². The van der Waals surface area contributed by atoms with Gasteiger partial charge in [-0.2, -0.15) is 0 Å². The number of aromatic carboxylic acids is 1. The van der Waals surface area contributed by atoms with E-state index in [0.717, 1.165) is 12.3 Å². The maximum atomic E-state index is 11.0. The summed E-state index contributed by atoms with van der Waals surface area (Å²) in [6.07, 6.45) is 3.34. The molecular formula is C26H19N5O3. The number of benzene rings is 2. The van der Waals surface area contributed by atoms with Gasteiger partial charge in [0.25, 0.3) is 0 Å². The Morgan fingerprint density at radius 1 is 0.941 bits per heavy atom. The van der Waals surface area contributed by atoms with Crippen molar-refractivity contribution >= 4 is 11.9 Å². The van der Waals surface area contributed by atoms with Gasteiger partial charge >= 0.3 is 5.97 Å². The lowest BCUT2D eigenvalue weighted by Gasteiger charge is -2.15. The summed E-state index contributed by atoms with van der Waals surface area (Å²) in [6.45, 7) is 1.42. The third-order valence-corrected chi connectivity index (χ3v) is 5.41. The van der Waals surface area contributed by atoms with Gasteiger partial charge in [-0.1, -0.05) is 12.0 Å². The lowest BCUT2D eigenvalue weighted by molar-refractivity contribution is 0.0697. The smallest absolute Gasteiger partial charge is 0.335 e. The lowest BCUT2D eigenvalue weighted by atomic mass is 10.1. The molecular weight excluding hydrogens is 430 g/mol. The Kier molecular flexibility index (Phi) is 5.58. The molecule has 5 rings (SSSR count). The van der Waals surface area contributed by atoms with Crippen LogP contribution in [0.1, 0.15) is 32.7 Å². The van der Waals surface area contributed by atoms with E-state index in [1.807, 2.05) is 12.1 Å². The molecule has 1 aliphatic rings. The number of carboxylic acid groups (broad SMARTS) is 1. The summed E-state index contributed by atoms with van der Waals surface area (Å²) >= 11 is 0. The monoisotopic (exact) mass is 449 g/mol. The Labute approximate surface area is 195 Å². The van der Waals surface area contributed by atoms with Gasteiger partial charge in [0.15, 0.2) is 5.82 Å². The normalized spacial score (nSPS) is 12.0. The molecule has 0 atom stereocenters. The van der Waals surface area contributed by atoms with E-state index in [9.17, 15) is 4.79 Å². The molecule has 166 valence electrons. The second kappa shape index (κ2) is 9.00. The predicted molar refractivity (Wildman–Crippen MR) is 125 cm³/mol. The number of nitrogens with zero attached hydrogens (tertiary/aromatic N) is 5. The summed E-state index contributed by atoms with van der Waals surface area (Å²) < 4.78 is 5.33. The lowest BCUT2D eigenvalue weighted by Crippen LogP contribution is -2.17. The molecule has 0 amide bonds. The number of fused-ring (bicyclic) bond motifs is 1. The number of aromatic nitrogens is 4. The van der Waals surface area contributed by atoms with Crippen molar-refractivity contribution in [1.29, 1.82) is 0 Å². The predicted octanol–water partition coefficient (Wildman–Crippen LogP) is 3.56. The number of rotatable bonds is 4. The van der Waals surface area contributed by atoms with Crippen LogP contribution in [0.15, 0.2) is 67.0 Å². The largest absolute Gasteiger partial charge is 0.497 e. The van der Waals surface area contributed by atoms with Crippen molar-refractivity contribution in [2.45, 2.75) is 13.1 Å². The average Bonchev–Trinajstić information content (AvgIpc) is 3.31.